The highest BCUT2D eigenvalue weighted by molar-refractivity contribution is 7.09. The molecule has 0 amide bonds. The van der Waals surface area contributed by atoms with Gasteiger partial charge in [-0.25, -0.2) is 9.98 Å². The summed E-state index contributed by atoms with van der Waals surface area (Å²) in [5.41, 5.74) is -0.0452. The number of furan rings is 1. The van der Waals surface area contributed by atoms with Gasteiger partial charge in [-0.15, -0.1) is 11.3 Å². The van der Waals surface area contributed by atoms with Crippen molar-refractivity contribution in [1.82, 2.24) is 15.6 Å². The van der Waals surface area contributed by atoms with Crippen LogP contribution in [0.5, 0.6) is 0 Å². The van der Waals surface area contributed by atoms with Gasteiger partial charge in [0.2, 0.25) is 0 Å². The number of nitrogens with one attached hydrogen (secondary N) is 2. The van der Waals surface area contributed by atoms with Crippen LogP contribution in [0.3, 0.4) is 0 Å². The van der Waals surface area contributed by atoms with Gasteiger partial charge in [0.15, 0.2) is 5.96 Å². The first kappa shape index (κ1) is 17.5. The molecule has 1 atom stereocenters. The largest absolute Gasteiger partial charge is 0.466 e. The number of aliphatic hydroxyl groups is 1. The number of hydrogen-bond donors (Lipinski definition) is 3. The molecule has 0 fully saturated rings. The van der Waals surface area contributed by atoms with Crippen molar-refractivity contribution in [2.75, 3.05) is 19.6 Å². The fraction of sp³-hybridized carbons (Fsp3) is 0.500. The summed E-state index contributed by atoms with van der Waals surface area (Å²) in [6, 6.07) is 3.51. The zero-order valence-corrected chi connectivity index (χ0v) is 14.6. The second-order valence-electron chi connectivity index (χ2n) is 5.48. The lowest BCUT2D eigenvalue weighted by Gasteiger charge is -2.19. The van der Waals surface area contributed by atoms with E-state index >= 15 is 0 Å². The molecule has 2 aromatic heterocycles. The Bertz CT molecular complexity index is 620. The molecule has 0 saturated heterocycles. The Morgan fingerprint density at radius 1 is 1.48 bits per heavy atom. The Hall–Kier alpha value is -1.86. The van der Waals surface area contributed by atoms with E-state index in [9.17, 15) is 5.11 Å². The lowest BCUT2D eigenvalue weighted by molar-refractivity contribution is 0.0437. The number of thiazole rings is 1. The molecular weight excluding hydrogens is 312 g/mol. The van der Waals surface area contributed by atoms with Crippen molar-refractivity contribution in [2.24, 2.45) is 4.99 Å². The Morgan fingerprint density at radius 2 is 2.30 bits per heavy atom. The van der Waals surface area contributed by atoms with E-state index in [-0.39, 0.29) is 6.54 Å². The summed E-state index contributed by atoms with van der Waals surface area (Å²) >= 11 is 1.66. The molecule has 23 heavy (non-hydrogen) atoms. The minimum atomic E-state index is -1.13. The second-order valence-corrected chi connectivity index (χ2v) is 6.54. The minimum absolute atomic E-state index is 0.214. The van der Waals surface area contributed by atoms with Gasteiger partial charge < -0.3 is 20.2 Å². The predicted molar refractivity (Wildman–Crippen MR) is 92.8 cm³/mol. The van der Waals surface area contributed by atoms with Crippen LogP contribution in [-0.2, 0) is 12.0 Å². The average Bonchev–Trinajstić information content (AvgIpc) is 3.17. The molecule has 2 aromatic rings. The summed E-state index contributed by atoms with van der Waals surface area (Å²) in [7, 11) is 0. The van der Waals surface area contributed by atoms with Crippen molar-refractivity contribution < 1.29 is 9.52 Å². The van der Waals surface area contributed by atoms with E-state index in [0.717, 1.165) is 30.2 Å². The first-order valence-electron chi connectivity index (χ1n) is 7.71. The van der Waals surface area contributed by atoms with Crippen LogP contribution in [0, 0.1) is 6.92 Å². The van der Waals surface area contributed by atoms with Gasteiger partial charge in [-0.3, -0.25) is 0 Å². The third-order valence-corrected chi connectivity index (χ3v) is 4.10. The number of aliphatic imine (C=N–C) groups is 1. The van der Waals surface area contributed by atoms with Gasteiger partial charge >= 0.3 is 0 Å². The molecule has 7 heteroatoms. The third-order valence-electron chi connectivity index (χ3n) is 3.28. The van der Waals surface area contributed by atoms with Crippen LogP contribution >= 0.6 is 11.3 Å². The topological polar surface area (TPSA) is 82.7 Å². The van der Waals surface area contributed by atoms with Crippen LogP contribution in [0.15, 0.2) is 33.2 Å². The molecule has 0 aromatic carbocycles. The highest BCUT2D eigenvalue weighted by Crippen LogP contribution is 2.20. The van der Waals surface area contributed by atoms with Gasteiger partial charge in [-0.05, 0) is 32.9 Å². The zero-order valence-electron chi connectivity index (χ0n) is 13.8. The van der Waals surface area contributed by atoms with E-state index in [2.05, 4.69) is 26.0 Å². The molecule has 0 bridgehead atoms. The first-order chi connectivity index (χ1) is 11.0. The highest BCUT2D eigenvalue weighted by atomic mass is 32.1. The molecule has 0 radical (unpaired) electrons. The van der Waals surface area contributed by atoms with Crippen molar-refractivity contribution in [2.45, 2.75) is 32.8 Å². The van der Waals surface area contributed by atoms with Gasteiger partial charge in [0.1, 0.15) is 11.4 Å². The minimum Gasteiger partial charge on any atom is -0.466 e. The molecule has 2 heterocycles. The van der Waals surface area contributed by atoms with Crippen molar-refractivity contribution in [3.8, 4) is 0 Å². The molecule has 6 nitrogen and oxygen atoms in total. The van der Waals surface area contributed by atoms with Crippen molar-refractivity contribution in [3.05, 3.63) is 40.2 Å². The zero-order chi connectivity index (χ0) is 16.7. The van der Waals surface area contributed by atoms with Gasteiger partial charge in [-0.2, -0.15) is 0 Å². The normalized spacial score (nSPS) is 14.5. The van der Waals surface area contributed by atoms with E-state index in [1.165, 1.54) is 0 Å². The van der Waals surface area contributed by atoms with Crippen LogP contribution in [-0.4, -0.2) is 35.7 Å². The van der Waals surface area contributed by atoms with Gasteiger partial charge in [-0.1, -0.05) is 0 Å². The van der Waals surface area contributed by atoms with Gasteiger partial charge in [0, 0.05) is 24.9 Å². The number of rotatable bonds is 7. The summed E-state index contributed by atoms with van der Waals surface area (Å²) in [6.45, 7) is 7.40. The number of hydrogen-bond acceptors (Lipinski definition) is 5. The summed E-state index contributed by atoms with van der Waals surface area (Å²) in [6.07, 6.45) is 2.39. The Balaban J connectivity index is 1.89. The van der Waals surface area contributed by atoms with Gasteiger partial charge in [0.25, 0.3) is 0 Å². The predicted octanol–water partition coefficient (Wildman–Crippen LogP) is 2.05. The van der Waals surface area contributed by atoms with E-state index < -0.39 is 5.60 Å². The van der Waals surface area contributed by atoms with Crippen LogP contribution in [0.2, 0.25) is 0 Å². The number of nitrogens with zero attached hydrogens (tertiary/aromatic N) is 2. The molecular formula is C16H24N4O2S. The lowest BCUT2D eigenvalue weighted by Crippen LogP contribution is -2.39. The van der Waals surface area contributed by atoms with E-state index in [0.29, 0.717) is 11.7 Å². The molecule has 0 aliphatic carbocycles. The SMILES string of the molecule is CCNC(=NCC(C)(O)c1ccco1)NCCc1csc(C)n1. The van der Waals surface area contributed by atoms with Crippen molar-refractivity contribution in [3.63, 3.8) is 0 Å². The number of aromatic nitrogens is 1. The highest BCUT2D eigenvalue weighted by Gasteiger charge is 2.26. The standard InChI is InChI=1S/C16H24N4O2S/c1-4-17-15(18-8-7-13-10-23-12(2)20-13)19-11-16(3,21)14-6-5-9-22-14/h5-6,9-10,21H,4,7-8,11H2,1-3H3,(H2,17,18,19). The molecule has 126 valence electrons. The first-order valence-corrected chi connectivity index (χ1v) is 8.59. The fourth-order valence-corrected chi connectivity index (χ4v) is 2.72. The third kappa shape index (κ3) is 5.37. The molecule has 0 aliphatic rings. The van der Waals surface area contributed by atoms with Crippen LogP contribution in [0.25, 0.3) is 0 Å². The summed E-state index contributed by atoms with van der Waals surface area (Å²) in [5.74, 6) is 1.18. The molecule has 3 N–H and O–H groups in total. The van der Waals surface area contributed by atoms with E-state index in [1.54, 1.807) is 36.7 Å². The summed E-state index contributed by atoms with van der Waals surface area (Å²) in [4.78, 5) is 8.88. The summed E-state index contributed by atoms with van der Waals surface area (Å²) < 4.78 is 5.26. The molecule has 1 unspecified atom stereocenters. The Morgan fingerprint density at radius 3 is 2.91 bits per heavy atom. The lowest BCUT2D eigenvalue weighted by atomic mass is 10.0. The maximum Gasteiger partial charge on any atom is 0.191 e. The number of guanidine groups is 1. The second kappa shape index (κ2) is 8.12. The molecule has 0 spiro atoms. The van der Waals surface area contributed by atoms with Crippen LogP contribution < -0.4 is 10.6 Å². The Kier molecular flexibility index (Phi) is 6.18. The molecule has 0 aliphatic heterocycles. The van der Waals surface area contributed by atoms with Crippen molar-refractivity contribution >= 4 is 17.3 Å². The van der Waals surface area contributed by atoms with Gasteiger partial charge in [0.05, 0.1) is 23.5 Å². The van der Waals surface area contributed by atoms with E-state index in [1.807, 2.05) is 13.8 Å². The average molecular weight is 336 g/mol. The molecule has 2 rings (SSSR count). The van der Waals surface area contributed by atoms with E-state index in [4.69, 9.17) is 4.42 Å². The Labute approximate surface area is 140 Å². The maximum atomic E-state index is 10.4. The quantitative estimate of drug-likeness (QED) is 0.532. The smallest absolute Gasteiger partial charge is 0.191 e. The number of aryl methyl sites for hydroxylation is 1. The van der Waals surface area contributed by atoms with Crippen LogP contribution in [0.1, 0.15) is 30.3 Å². The monoisotopic (exact) mass is 336 g/mol. The molecule has 0 saturated carbocycles. The fourth-order valence-electron chi connectivity index (χ4n) is 2.07. The maximum absolute atomic E-state index is 10.4. The van der Waals surface area contributed by atoms with Crippen molar-refractivity contribution in [1.29, 1.82) is 0 Å². The van der Waals surface area contributed by atoms with Crippen LogP contribution in [0.4, 0.5) is 0 Å². The summed E-state index contributed by atoms with van der Waals surface area (Å²) in [5, 5.41) is 20.0.